The average Bonchev–Trinajstić information content (AvgIpc) is 2.73. The topological polar surface area (TPSA) is 81.1 Å². The van der Waals surface area contributed by atoms with Gasteiger partial charge in [0.2, 0.25) is 5.88 Å². The summed E-state index contributed by atoms with van der Waals surface area (Å²) in [7, 11) is 3.25. The molecule has 20 heavy (non-hydrogen) atoms. The van der Waals surface area contributed by atoms with E-state index in [1.807, 2.05) is 6.92 Å². The maximum atomic E-state index is 11.9. The molecule has 0 unspecified atom stereocenters. The number of nitrogens with one attached hydrogen (secondary N) is 2. The number of carbonyl (C=O) groups excluding carboxylic acids is 1. The smallest absolute Gasteiger partial charge is 0.324 e. The Morgan fingerprint density at radius 2 is 2.15 bits per heavy atom. The molecule has 0 saturated heterocycles. The van der Waals surface area contributed by atoms with Crippen molar-refractivity contribution in [2.24, 2.45) is 7.05 Å². The molecule has 0 radical (unpaired) electrons. The number of anilines is 2. The maximum Gasteiger partial charge on any atom is 0.324 e. The Hall–Kier alpha value is -2.28. The number of hydrogen-bond acceptors (Lipinski definition) is 4. The van der Waals surface area contributed by atoms with E-state index in [4.69, 9.17) is 16.3 Å². The highest BCUT2D eigenvalue weighted by Gasteiger charge is 2.10. The van der Waals surface area contributed by atoms with Crippen molar-refractivity contribution in [1.82, 2.24) is 14.8 Å². The summed E-state index contributed by atoms with van der Waals surface area (Å²) in [4.78, 5) is 15.8. The molecule has 0 spiro atoms. The van der Waals surface area contributed by atoms with Gasteiger partial charge in [0.15, 0.2) is 5.82 Å². The normalized spacial score (nSPS) is 10.2. The zero-order chi connectivity index (χ0) is 14.7. The Labute approximate surface area is 120 Å². The van der Waals surface area contributed by atoms with Gasteiger partial charge in [0, 0.05) is 25.0 Å². The van der Waals surface area contributed by atoms with Crippen LogP contribution in [0.3, 0.4) is 0 Å². The number of ether oxygens (including phenoxy) is 1. The van der Waals surface area contributed by atoms with Gasteiger partial charge in [-0.1, -0.05) is 11.6 Å². The Morgan fingerprint density at radius 3 is 2.80 bits per heavy atom. The van der Waals surface area contributed by atoms with Crippen LogP contribution in [-0.4, -0.2) is 27.9 Å². The summed E-state index contributed by atoms with van der Waals surface area (Å²) in [5, 5.41) is 9.68. The zero-order valence-electron chi connectivity index (χ0n) is 11.3. The Balaban J connectivity index is 2.06. The monoisotopic (exact) mass is 295 g/mol. The maximum absolute atomic E-state index is 11.9. The minimum atomic E-state index is -0.420. The number of rotatable bonds is 3. The lowest BCUT2D eigenvalue weighted by Gasteiger charge is -2.08. The van der Waals surface area contributed by atoms with Crippen molar-refractivity contribution in [3.8, 4) is 5.88 Å². The number of halogens is 1. The van der Waals surface area contributed by atoms with E-state index in [-0.39, 0.29) is 0 Å². The van der Waals surface area contributed by atoms with Crippen LogP contribution in [0.4, 0.5) is 16.3 Å². The SMILES string of the molecule is COc1cc(NC(=O)Nc2cc(Cl)ncc2C)nn1C. The van der Waals surface area contributed by atoms with Gasteiger partial charge in [0.1, 0.15) is 5.15 Å². The zero-order valence-corrected chi connectivity index (χ0v) is 12.0. The molecule has 0 aliphatic carbocycles. The Bertz CT molecular complexity index is 641. The van der Waals surface area contributed by atoms with Crippen molar-refractivity contribution in [3.63, 3.8) is 0 Å². The number of methoxy groups -OCH3 is 1. The molecule has 7 nitrogen and oxygen atoms in total. The van der Waals surface area contributed by atoms with E-state index < -0.39 is 6.03 Å². The number of urea groups is 1. The van der Waals surface area contributed by atoms with E-state index in [1.165, 1.54) is 11.8 Å². The van der Waals surface area contributed by atoms with Gasteiger partial charge >= 0.3 is 6.03 Å². The summed E-state index contributed by atoms with van der Waals surface area (Å²) < 4.78 is 6.58. The fraction of sp³-hybridized carbons (Fsp3) is 0.250. The quantitative estimate of drug-likeness (QED) is 0.852. The molecule has 2 N–H and O–H groups in total. The summed E-state index contributed by atoms with van der Waals surface area (Å²) in [6.45, 7) is 1.82. The fourth-order valence-electron chi connectivity index (χ4n) is 1.61. The third-order valence-electron chi connectivity index (χ3n) is 2.61. The number of aryl methyl sites for hydroxylation is 2. The van der Waals surface area contributed by atoms with E-state index in [2.05, 4.69) is 20.7 Å². The predicted molar refractivity (Wildman–Crippen MR) is 76.4 cm³/mol. The second-order valence-electron chi connectivity index (χ2n) is 4.10. The molecule has 2 rings (SSSR count). The molecule has 2 aromatic heterocycles. The Morgan fingerprint density at radius 1 is 1.40 bits per heavy atom. The lowest BCUT2D eigenvalue weighted by atomic mass is 10.2. The molecule has 0 aliphatic heterocycles. The van der Waals surface area contributed by atoms with Gasteiger partial charge in [-0.05, 0) is 18.6 Å². The molecule has 106 valence electrons. The van der Waals surface area contributed by atoms with Crippen LogP contribution >= 0.6 is 11.6 Å². The van der Waals surface area contributed by atoms with Crippen molar-refractivity contribution in [1.29, 1.82) is 0 Å². The van der Waals surface area contributed by atoms with E-state index in [9.17, 15) is 4.79 Å². The van der Waals surface area contributed by atoms with Crippen LogP contribution < -0.4 is 15.4 Å². The highest BCUT2D eigenvalue weighted by Crippen LogP contribution is 2.19. The first-order chi connectivity index (χ1) is 9.49. The molecule has 0 atom stereocenters. The second-order valence-corrected chi connectivity index (χ2v) is 4.48. The Kier molecular flexibility index (Phi) is 4.09. The van der Waals surface area contributed by atoms with Gasteiger partial charge in [-0.2, -0.15) is 5.10 Å². The third kappa shape index (κ3) is 3.18. The van der Waals surface area contributed by atoms with Crippen molar-refractivity contribution in [3.05, 3.63) is 29.0 Å². The van der Waals surface area contributed by atoms with E-state index in [1.54, 1.807) is 25.4 Å². The van der Waals surface area contributed by atoms with Crippen molar-refractivity contribution in [2.45, 2.75) is 6.92 Å². The van der Waals surface area contributed by atoms with Crippen LogP contribution in [0.2, 0.25) is 5.15 Å². The molecular weight excluding hydrogens is 282 g/mol. The molecule has 0 aromatic carbocycles. The number of nitrogens with zero attached hydrogens (tertiary/aromatic N) is 3. The summed E-state index contributed by atoms with van der Waals surface area (Å²) in [5.41, 5.74) is 1.40. The second kappa shape index (κ2) is 5.79. The van der Waals surface area contributed by atoms with Crippen molar-refractivity contribution < 1.29 is 9.53 Å². The highest BCUT2D eigenvalue weighted by atomic mass is 35.5. The number of aromatic nitrogens is 3. The van der Waals surface area contributed by atoms with Gasteiger partial charge in [0.25, 0.3) is 0 Å². The van der Waals surface area contributed by atoms with E-state index in [0.717, 1.165) is 5.56 Å². The first-order valence-corrected chi connectivity index (χ1v) is 6.15. The molecule has 8 heteroatoms. The molecule has 0 fully saturated rings. The van der Waals surface area contributed by atoms with Gasteiger partial charge in [-0.15, -0.1) is 0 Å². The van der Waals surface area contributed by atoms with E-state index in [0.29, 0.717) is 22.5 Å². The molecule has 0 aliphatic rings. The molecule has 0 bridgehead atoms. The number of carbonyl (C=O) groups is 1. The minimum Gasteiger partial charge on any atom is -0.481 e. The standard InChI is InChI=1S/C12H14ClN5O2/c1-7-6-14-9(13)4-8(7)15-12(19)16-10-5-11(20-3)18(2)17-10/h4-6H,1-3H3,(H2,14,15,16,17,19). The molecule has 0 saturated carbocycles. The first kappa shape index (κ1) is 14.1. The number of amides is 2. The summed E-state index contributed by atoms with van der Waals surface area (Å²) >= 11 is 5.79. The summed E-state index contributed by atoms with van der Waals surface area (Å²) in [5.74, 6) is 0.933. The fourth-order valence-corrected chi connectivity index (χ4v) is 1.76. The molecule has 2 aromatic rings. The van der Waals surface area contributed by atoms with Crippen LogP contribution in [0.5, 0.6) is 5.88 Å². The van der Waals surface area contributed by atoms with Crippen LogP contribution in [-0.2, 0) is 7.05 Å². The van der Waals surface area contributed by atoms with E-state index >= 15 is 0 Å². The van der Waals surface area contributed by atoms with Crippen molar-refractivity contribution >= 4 is 29.1 Å². The summed E-state index contributed by atoms with van der Waals surface area (Å²) in [6.07, 6.45) is 1.59. The average molecular weight is 296 g/mol. The molecule has 2 amide bonds. The van der Waals surface area contributed by atoms with Crippen molar-refractivity contribution in [2.75, 3.05) is 17.7 Å². The van der Waals surface area contributed by atoms with Gasteiger partial charge < -0.3 is 10.1 Å². The third-order valence-corrected chi connectivity index (χ3v) is 2.81. The minimum absolute atomic E-state index is 0.311. The van der Waals surface area contributed by atoms with Gasteiger partial charge in [0.05, 0.1) is 7.11 Å². The lowest BCUT2D eigenvalue weighted by molar-refractivity contribution is 0.262. The first-order valence-electron chi connectivity index (χ1n) is 5.78. The van der Waals surface area contributed by atoms with Crippen LogP contribution in [0, 0.1) is 6.92 Å². The molecule has 2 heterocycles. The molecular formula is C12H14ClN5O2. The van der Waals surface area contributed by atoms with Gasteiger partial charge in [-0.25, -0.2) is 14.5 Å². The lowest BCUT2D eigenvalue weighted by Crippen LogP contribution is -2.20. The number of pyridine rings is 1. The number of hydrogen-bond donors (Lipinski definition) is 2. The largest absolute Gasteiger partial charge is 0.481 e. The van der Waals surface area contributed by atoms with Crippen LogP contribution in [0.15, 0.2) is 18.3 Å². The highest BCUT2D eigenvalue weighted by molar-refractivity contribution is 6.29. The summed E-state index contributed by atoms with van der Waals surface area (Å²) in [6, 6.07) is 2.78. The van der Waals surface area contributed by atoms with Gasteiger partial charge in [-0.3, -0.25) is 5.32 Å². The van der Waals surface area contributed by atoms with Crippen LogP contribution in [0.1, 0.15) is 5.56 Å². The predicted octanol–water partition coefficient (Wildman–Crippen LogP) is 2.43. The van der Waals surface area contributed by atoms with Crippen LogP contribution in [0.25, 0.3) is 0 Å².